The minimum Gasteiger partial charge on any atom is -0.398 e. The summed E-state index contributed by atoms with van der Waals surface area (Å²) in [6.45, 7) is 0.351. The number of nitrogens with two attached hydrogens (primary N) is 1. The molecule has 0 saturated carbocycles. The highest BCUT2D eigenvalue weighted by atomic mass is 35.5. The van der Waals surface area contributed by atoms with Gasteiger partial charge in [-0.1, -0.05) is 0 Å². The molecule has 0 aliphatic carbocycles. The van der Waals surface area contributed by atoms with Gasteiger partial charge in [0.1, 0.15) is 5.82 Å². The summed E-state index contributed by atoms with van der Waals surface area (Å²) in [6.07, 6.45) is 0. The largest absolute Gasteiger partial charge is 0.398 e. The molecule has 0 heterocycles. The second-order valence-electron chi connectivity index (χ2n) is 2.28. The van der Waals surface area contributed by atoms with E-state index in [-0.39, 0.29) is 18.2 Å². The molecule has 0 atom stereocenters. The molecule has 2 nitrogen and oxygen atoms in total. The van der Waals surface area contributed by atoms with Crippen molar-refractivity contribution in [2.75, 3.05) is 12.8 Å². The number of ether oxygens (including phenoxy) is 1. The van der Waals surface area contributed by atoms with Crippen LogP contribution in [0.4, 0.5) is 10.1 Å². The number of benzene rings is 1. The van der Waals surface area contributed by atoms with Gasteiger partial charge in [-0.2, -0.15) is 0 Å². The van der Waals surface area contributed by atoms with Gasteiger partial charge in [-0.15, -0.1) is 12.4 Å². The first-order valence-corrected chi connectivity index (χ1v) is 3.27. The zero-order valence-corrected chi connectivity index (χ0v) is 7.53. The fourth-order valence-corrected chi connectivity index (χ4v) is 0.855. The van der Waals surface area contributed by atoms with Crippen LogP contribution in [-0.4, -0.2) is 7.11 Å². The van der Waals surface area contributed by atoms with Gasteiger partial charge in [0, 0.05) is 18.4 Å². The third-order valence-electron chi connectivity index (χ3n) is 1.40. The standard InChI is InChI=1S/C8H10FNO.ClH/c1-11-5-6-4-7(9)2-3-8(6)10;/h2-4H,5,10H2,1H3;1H. The smallest absolute Gasteiger partial charge is 0.123 e. The third-order valence-corrected chi connectivity index (χ3v) is 1.40. The van der Waals surface area contributed by atoms with E-state index in [1.54, 1.807) is 7.11 Å². The maximum Gasteiger partial charge on any atom is 0.123 e. The lowest BCUT2D eigenvalue weighted by Crippen LogP contribution is -1.96. The van der Waals surface area contributed by atoms with Gasteiger partial charge in [0.25, 0.3) is 0 Å². The minimum atomic E-state index is -0.286. The number of methoxy groups -OCH3 is 1. The first-order valence-electron chi connectivity index (χ1n) is 3.27. The van der Waals surface area contributed by atoms with Crippen LogP contribution in [0.2, 0.25) is 0 Å². The second-order valence-corrected chi connectivity index (χ2v) is 2.28. The van der Waals surface area contributed by atoms with Crippen molar-refractivity contribution in [1.82, 2.24) is 0 Å². The molecule has 0 bridgehead atoms. The molecule has 0 radical (unpaired) electrons. The Bertz CT molecular complexity index is 255. The predicted molar refractivity (Wildman–Crippen MR) is 48.8 cm³/mol. The number of rotatable bonds is 2. The molecule has 0 aromatic heterocycles. The summed E-state index contributed by atoms with van der Waals surface area (Å²) in [5, 5.41) is 0. The van der Waals surface area contributed by atoms with Gasteiger partial charge in [0.15, 0.2) is 0 Å². The van der Waals surface area contributed by atoms with Crippen LogP contribution in [0.5, 0.6) is 0 Å². The van der Waals surface area contributed by atoms with E-state index in [2.05, 4.69) is 0 Å². The Balaban J connectivity index is 0.00000121. The Morgan fingerprint density at radius 1 is 1.50 bits per heavy atom. The molecular formula is C8H11ClFNO. The molecular weight excluding hydrogens is 181 g/mol. The molecule has 0 aliphatic rings. The molecule has 1 aromatic carbocycles. The summed E-state index contributed by atoms with van der Waals surface area (Å²) in [5.74, 6) is -0.286. The summed E-state index contributed by atoms with van der Waals surface area (Å²) >= 11 is 0. The van der Waals surface area contributed by atoms with Crippen molar-refractivity contribution in [2.45, 2.75) is 6.61 Å². The fraction of sp³-hybridized carbons (Fsp3) is 0.250. The number of hydrogen-bond donors (Lipinski definition) is 1. The molecule has 0 amide bonds. The first kappa shape index (κ1) is 11.2. The summed E-state index contributed by atoms with van der Waals surface area (Å²) in [6, 6.07) is 4.23. The average Bonchev–Trinajstić information content (AvgIpc) is 1.98. The monoisotopic (exact) mass is 191 g/mol. The van der Waals surface area contributed by atoms with Crippen LogP contribution in [-0.2, 0) is 11.3 Å². The summed E-state index contributed by atoms with van der Waals surface area (Å²) < 4.78 is 17.4. The molecule has 68 valence electrons. The van der Waals surface area contributed by atoms with E-state index in [0.29, 0.717) is 17.9 Å². The van der Waals surface area contributed by atoms with Crippen molar-refractivity contribution in [3.05, 3.63) is 29.6 Å². The van der Waals surface area contributed by atoms with Crippen LogP contribution in [0.1, 0.15) is 5.56 Å². The normalized spacial score (nSPS) is 9.17. The minimum absolute atomic E-state index is 0. The number of hydrogen-bond acceptors (Lipinski definition) is 2. The predicted octanol–water partition coefficient (Wildman–Crippen LogP) is 1.98. The molecule has 0 spiro atoms. The Morgan fingerprint density at radius 3 is 2.75 bits per heavy atom. The Hall–Kier alpha value is -0.800. The topological polar surface area (TPSA) is 35.2 Å². The van der Waals surface area contributed by atoms with E-state index in [0.717, 1.165) is 0 Å². The molecule has 0 saturated heterocycles. The summed E-state index contributed by atoms with van der Waals surface area (Å²) in [5.41, 5.74) is 6.78. The highest BCUT2D eigenvalue weighted by Crippen LogP contribution is 2.13. The van der Waals surface area contributed by atoms with Crippen LogP contribution < -0.4 is 5.73 Å². The van der Waals surface area contributed by atoms with Crippen LogP contribution >= 0.6 is 12.4 Å². The summed E-state index contributed by atoms with van der Waals surface area (Å²) in [4.78, 5) is 0. The second kappa shape index (κ2) is 4.95. The van der Waals surface area contributed by atoms with E-state index in [9.17, 15) is 4.39 Å². The van der Waals surface area contributed by atoms with E-state index in [1.807, 2.05) is 0 Å². The fourth-order valence-electron chi connectivity index (χ4n) is 0.855. The van der Waals surface area contributed by atoms with Crippen LogP contribution in [0.3, 0.4) is 0 Å². The number of halogens is 2. The summed E-state index contributed by atoms with van der Waals surface area (Å²) in [7, 11) is 1.55. The molecule has 4 heteroatoms. The van der Waals surface area contributed by atoms with Crippen molar-refractivity contribution in [2.24, 2.45) is 0 Å². The van der Waals surface area contributed by atoms with E-state index >= 15 is 0 Å². The maximum absolute atomic E-state index is 12.6. The quantitative estimate of drug-likeness (QED) is 0.726. The molecule has 0 aliphatic heterocycles. The van der Waals surface area contributed by atoms with Gasteiger partial charge in [0.2, 0.25) is 0 Å². The lowest BCUT2D eigenvalue weighted by atomic mass is 10.2. The average molecular weight is 192 g/mol. The highest BCUT2D eigenvalue weighted by Gasteiger charge is 1.99. The van der Waals surface area contributed by atoms with Gasteiger partial charge >= 0.3 is 0 Å². The lowest BCUT2D eigenvalue weighted by Gasteiger charge is -2.02. The van der Waals surface area contributed by atoms with Crippen molar-refractivity contribution in [3.63, 3.8) is 0 Å². The third kappa shape index (κ3) is 2.68. The molecule has 0 unspecified atom stereocenters. The van der Waals surface area contributed by atoms with E-state index in [1.165, 1.54) is 18.2 Å². The Morgan fingerprint density at radius 2 is 2.17 bits per heavy atom. The molecule has 1 rings (SSSR count). The van der Waals surface area contributed by atoms with E-state index < -0.39 is 0 Å². The van der Waals surface area contributed by atoms with Gasteiger partial charge in [-0.25, -0.2) is 4.39 Å². The highest BCUT2D eigenvalue weighted by molar-refractivity contribution is 5.85. The van der Waals surface area contributed by atoms with Crippen molar-refractivity contribution >= 4 is 18.1 Å². The van der Waals surface area contributed by atoms with Gasteiger partial charge < -0.3 is 10.5 Å². The Labute approximate surface area is 76.9 Å². The van der Waals surface area contributed by atoms with Crippen molar-refractivity contribution < 1.29 is 9.13 Å². The number of anilines is 1. The molecule has 1 aromatic rings. The zero-order valence-electron chi connectivity index (χ0n) is 6.71. The van der Waals surface area contributed by atoms with Gasteiger partial charge in [0.05, 0.1) is 6.61 Å². The van der Waals surface area contributed by atoms with Crippen molar-refractivity contribution in [3.8, 4) is 0 Å². The van der Waals surface area contributed by atoms with E-state index in [4.69, 9.17) is 10.5 Å². The van der Waals surface area contributed by atoms with Gasteiger partial charge in [-0.3, -0.25) is 0 Å². The van der Waals surface area contributed by atoms with Crippen LogP contribution in [0.25, 0.3) is 0 Å². The zero-order chi connectivity index (χ0) is 8.27. The Kier molecular flexibility index (Phi) is 4.62. The number of nitrogen functional groups attached to an aromatic ring is 1. The molecule has 12 heavy (non-hydrogen) atoms. The first-order chi connectivity index (χ1) is 5.24. The molecule has 2 N–H and O–H groups in total. The lowest BCUT2D eigenvalue weighted by molar-refractivity contribution is 0.185. The van der Waals surface area contributed by atoms with Crippen LogP contribution in [0, 0.1) is 5.82 Å². The molecule has 0 fully saturated rings. The van der Waals surface area contributed by atoms with Gasteiger partial charge in [-0.05, 0) is 18.2 Å². The SMILES string of the molecule is COCc1cc(F)ccc1N.Cl. The van der Waals surface area contributed by atoms with Crippen molar-refractivity contribution in [1.29, 1.82) is 0 Å². The maximum atomic E-state index is 12.6. The van der Waals surface area contributed by atoms with Crippen LogP contribution in [0.15, 0.2) is 18.2 Å².